The van der Waals surface area contributed by atoms with Crippen molar-refractivity contribution in [2.75, 3.05) is 18.4 Å². The minimum absolute atomic E-state index is 0.130. The van der Waals surface area contributed by atoms with Gasteiger partial charge in [-0.3, -0.25) is 9.59 Å². The first-order chi connectivity index (χ1) is 15.6. The van der Waals surface area contributed by atoms with Crippen LogP contribution in [-0.2, 0) is 26.2 Å². The molecule has 2 heterocycles. The van der Waals surface area contributed by atoms with Crippen LogP contribution >= 0.6 is 0 Å². The third-order valence-corrected chi connectivity index (χ3v) is 8.14. The monoisotopic (exact) mass is 471 g/mol. The van der Waals surface area contributed by atoms with Gasteiger partial charge in [-0.05, 0) is 50.8 Å². The molecule has 2 unspecified atom stereocenters. The number of ether oxygens (including phenoxy) is 1. The molecule has 4 rings (SSSR count). The van der Waals surface area contributed by atoms with E-state index in [4.69, 9.17) is 4.74 Å². The standard InChI is InChI=1S/C24H29N3O5S/c1-15-6-4-7-18(10-15)13-25-24(29)19-8-5-9-27(14-19)33(30,31)22-12-21-20(11-16(22)2)26-23(28)17(3)32-21/h4,6-7,10-12,17,19H,5,8-9,13-14H2,1-3H3,(H,25,29)(H,26,28). The fourth-order valence-corrected chi connectivity index (χ4v) is 6.04. The number of aryl methyl sites for hydroxylation is 2. The molecule has 2 aromatic carbocycles. The van der Waals surface area contributed by atoms with E-state index in [2.05, 4.69) is 10.6 Å². The second-order valence-electron chi connectivity index (χ2n) is 8.77. The van der Waals surface area contributed by atoms with Crippen molar-refractivity contribution in [3.8, 4) is 5.75 Å². The van der Waals surface area contributed by atoms with E-state index in [0.29, 0.717) is 42.9 Å². The molecule has 0 radical (unpaired) electrons. The summed E-state index contributed by atoms with van der Waals surface area (Å²) < 4.78 is 33.9. The number of hydrogen-bond donors (Lipinski definition) is 2. The Morgan fingerprint density at radius 2 is 2.03 bits per heavy atom. The summed E-state index contributed by atoms with van der Waals surface area (Å²) in [5.74, 6) is -0.492. The van der Waals surface area contributed by atoms with Crippen LogP contribution in [0.15, 0.2) is 41.3 Å². The first-order valence-electron chi connectivity index (χ1n) is 11.1. The minimum atomic E-state index is -3.84. The third kappa shape index (κ3) is 4.89. The Kier molecular flexibility index (Phi) is 6.45. The van der Waals surface area contributed by atoms with Crippen LogP contribution in [-0.4, -0.2) is 43.7 Å². The SMILES string of the molecule is Cc1cccc(CNC(=O)C2CCCN(S(=O)(=O)c3cc4c(cc3C)NC(=O)C(C)O4)C2)c1. The smallest absolute Gasteiger partial charge is 0.265 e. The lowest BCUT2D eigenvalue weighted by Crippen LogP contribution is -2.45. The molecule has 2 N–H and O–H groups in total. The number of carbonyl (C=O) groups is 2. The van der Waals surface area contributed by atoms with Gasteiger partial charge in [0.25, 0.3) is 5.91 Å². The van der Waals surface area contributed by atoms with Crippen molar-refractivity contribution in [2.45, 2.75) is 51.2 Å². The number of amides is 2. The maximum Gasteiger partial charge on any atom is 0.265 e. The van der Waals surface area contributed by atoms with Crippen LogP contribution in [0, 0.1) is 19.8 Å². The van der Waals surface area contributed by atoms with Crippen LogP contribution < -0.4 is 15.4 Å². The second kappa shape index (κ2) is 9.15. The molecule has 33 heavy (non-hydrogen) atoms. The van der Waals surface area contributed by atoms with Gasteiger partial charge in [0.2, 0.25) is 15.9 Å². The topological polar surface area (TPSA) is 105 Å². The largest absolute Gasteiger partial charge is 0.479 e. The molecule has 8 nitrogen and oxygen atoms in total. The highest BCUT2D eigenvalue weighted by molar-refractivity contribution is 7.89. The van der Waals surface area contributed by atoms with Crippen LogP contribution in [0.4, 0.5) is 5.69 Å². The second-order valence-corrected chi connectivity index (χ2v) is 10.7. The van der Waals surface area contributed by atoms with E-state index in [0.717, 1.165) is 11.1 Å². The first-order valence-corrected chi connectivity index (χ1v) is 12.5. The summed E-state index contributed by atoms with van der Waals surface area (Å²) >= 11 is 0. The van der Waals surface area contributed by atoms with E-state index < -0.39 is 22.0 Å². The lowest BCUT2D eigenvalue weighted by atomic mass is 9.98. The minimum Gasteiger partial charge on any atom is -0.479 e. The number of nitrogens with zero attached hydrogens (tertiary/aromatic N) is 1. The number of rotatable bonds is 5. The Hall–Kier alpha value is -2.91. The van der Waals surface area contributed by atoms with Crippen molar-refractivity contribution in [1.29, 1.82) is 0 Å². The number of piperidine rings is 1. The summed E-state index contributed by atoms with van der Waals surface area (Å²) in [6.07, 6.45) is 0.545. The molecule has 2 aliphatic rings. The predicted octanol–water partition coefficient (Wildman–Crippen LogP) is 2.74. The molecular weight excluding hydrogens is 442 g/mol. The van der Waals surface area contributed by atoms with E-state index in [1.54, 1.807) is 19.9 Å². The van der Waals surface area contributed by atoms with Gasteiger partial charge >= 0.3 is 0 Å². The van der Waals surface area contributed by atoms with E-state index >= 15 is 0 Å². The van der Waals surface area contributed by atoms with Gasteiger partial charge < -0.3 is 15.4 Å². The Bertz CT molecular complexity index is 1190. The van der Waals surface area contributed by atoms with Gasteiger partial charge in [0.15, 0.2) is 6.10 Å². The van der Waals surface area contributed by atoms with Crippen LogP contribution in [0.3, 0.4) is 0 Å². The summed E-state index contributed by atoms with van der Waals surface area (Å²) in [6.45, 7) is 6.19. The van der Waals surface area contributed by atoms with Gasteiger partial charge in [-0.1, -0.05) is 29.8 Å². The number of carbonyl (C=O) groups excluding carboxylic acids is 2. The number of hydrogen-bond acceptors (Lipinski definition) is 5. The lowest BCUT2D eigenvalue weighted by molar-refractivity contribution is -0.126. The number of anilines is 1. The molecular formula is C24H29N3O5S. The lowest BCUT2D eigenvalue weighted by Gasteiger charge is -2.32. The van der Waals surface area contributed by atoms with Crippen LogP contribution in [0.25, 0.3) is 0 Å². The third-order valence-electron chi connectivity index (χ3n) is 6.13. The van der Waals surface area contributed by atoms with Crippen LogP contribution in [0.5, 0.6) is 5.75 Å². The molecule has 0 aliphatic carbocycles. The molecule has 176 valence electrons. The van der Waals surface area contributed by atoms with E-state index in [9.17, 15) is 18.0 Å². The molecule has 0 saturated carbocycles. The Balaban J connectivity index is 1.49. The van der Waals surface area contributed by atoms with Crippen LogP contribution in [0.1, 0.15) is 36.5 Å². The number of benzene rings is 2. The summed E-state index contributed by atoms with van der Waals surface area (Å²) in [6, 6.07) is 11.0. The summed E-state index contributed by atoms with van der Waals surface area (Å²) in [5, 5.41) is 5.68. The Morgan fingerprint density at radius 3 is 2.79 bits per heavy atom. The van der Waals surface area contributed by atoms with Crippen LogP contribution in [0.2, 0.25) is 0 Å². The molecule has 2 aromatic rings. The number of nitrogens with one attached hydrogen (secondary N) is 2. The maximum absolute atomic E-state index is 13.5. The van der Waals surface area contributed by atoms with Gasteiger partial charge in [0.05, 0.1) is 16.5 Å². The highest BCUT2D eigenvalue weighted by atomic mass is 32.2. The molecule has 9 heteroatoms. The molecule has 2 atom stereocenters. The molecule has 2 aliphatic heterocycles. The molecule has 0 aromatic heterocycles. The zero-order chi connectivity index (χ0) is 23.8. The quantitative estimate of drug-likeness (QED) is 0.698. The Morgan fingerprint density at radius 1 is 1.24 bits per heavy atom. The van der Waals surface area contributed by atoms with Crippen molar-refractivity contribution < 1.29 is 22.7 Å². The van der Waals surface area contributed by atoms with Gasteiger partial charge in [-0.15, -0.1) is 0 Å². The molecule has 0 spiro atoms. The average molecular weight is 472 g/mol. The highest BCUT2D eigenvalue weighted by Gasteiger charge is 2.35. The first kappa shape index (κ1) is 23.3. The number of sulfonamides is 1. The zero-order valence-corrected chi connectivity index (χ0v) is 19.9. The van der Waals surface area contributed by atoms with Crippen molar-refractivity contribution in [3.05, 3.63) is 53.1 Å². The summed E-state index contributed by atoms with van der Waals surface area (Å²) in [5.41, 5.74) is 3.10. The fraction of sp³-hybridized carbons (Fsp3) is 0.417. The maximum atomic E-state index is 13.5. The van der Waals surface area contributed by atoms with E-state index in [-0.39, 0.29) is 23.3 Å². The summed E-state index contributed by atoms with van der Waals surface area (Å²) in [4.78, 5) is 24.8. The van der Waals surface area contributed by atoms with Crippen molar-refractivity contribution in [2.24, 2.45) is 5.92 Å². The van der Waals surface area contributed by atoms with Gasteiger partial charge in [-0.25, -0.2) is 8.42 Å². The normalized spacial score (nSPS) is 21.0. The van der Waals surface area contributed by atoms with Gasteiger partial charge in [0.1, 0.15) is 5.75 Å². The van der Waals surface area contributed by atoms with Crippen molar-refractivity contribution in [3.63, 3.8) is 0 Å². The number of fused-ring (bicyclic) bond motifs is 1. The fourth-order valence-electron chi connectivity index (χ4n) is 4.29. The highest BCUT2D eigenvalue weighted by Crippen LogP contribution is 2.36. The molecule has 0 bridgehead atoms. The molecule has 1 fully saturated rings. The van der Waals surface area contributed by atoms with Gasteiger partial charge in [-0.2, -0.15) is 4.31 Å². The predicted molar refractivity (Wildman–Crippen MR) is 124 cm³/mol. The summed E-state index contributed by atoms with van der Waals surface area (Å²) in [7, 11) is -3.84. The Labute approximate surface area is 194 Å². The van der Waals surface area contributed by atoms with E-state index in [1.165, 1.54) is 10.4 Å². The van der Waals surface area contributed by atoms with Crippen molar-refractivity contribution in [1.82, 2.24) is 9.62 Å². The average Bonchev–Trinajstić information content (AvgIpc) is 2.78. The molecule has 1 saturated heterocycles. The van der Waals surface area contributed by atoms with E-state index in [1.807, 2.05) is 31.2 Å². The molecule has 2 amide bonds. The van der Waals surface area contributed by atoms with Crippen molar-refractivity contribution >= 4 is 27.5 Å². The van der Waals surface area contributed by atoms with Gasteiger partial charge in [0, 0.05) is 25.7 Å². The zero-order valence-electron chi connectivity index (χ0n) is 19.1.